The van der Waals surface area contributed by atoms with E-state index in [1.807, 2.05) is 0 Å². The van der Waals surface area contributed by atoms with Gasteiger partial charge in [0.05, 0.1) is 6.21 Å². The van der Waals surface area contributed by atoms with Crippen molar-refractivity contribution in [1.29, 1.82) is 0 Å². The fourth-order valence-electron chi connectivity index (χ4n) is 2.07. The molecule has 0 radical (unpaired) electrons. The number of carbonyl (C=O) groups is 2. The molecule has 0 unspecified atom stereocenters. The van der Waals surface area contributed by atoms with Gasteiger partial charge < -0.3 is 15.5 Å². The first-order valence-corrected chi connectivity index (χ1v) is 8.90. The summed E-state index contributed by atoms with van der Waals surface area (Å²) in [7, 11) is 1.29. The van der Waals surface area contributed by atoms with Crippen molar-refractivity contribution < 1.29 is 14.4 Å². The Morgan fingerprint density at radius 2 is 1.22 bits per heavy atom. The Balaban J connectivity index is 2.20. The lowest BCUT2D eigenvalue weighted by Gasteiger charge is -2.14. The van der Waals surface area contributed by atoms with Gasteiger partial charge in [-0.1, -0.05) is 51.6 Å². The number of nitrogens with zero attached hydrogens (tertiary/aromatic N) is 1. The number of carbonyl (C=O) groups excluding carboxylic acids is 2. The minimum atomic E-state index is -1.31. The van der Waals surface area contributed by atoms with E-state index in [-0.39, 0.29) is 0 Å². The standard InChI is InChI=1S/C17H13Cl4N3O3/c1-27-22-8-15(16(25)23-13-4-9(18)2-10(19)5-13)17(26)24-14-6-11(20)3-12(21)7-14/h2-8,15H,1H3,(H,23,25)(H,24,26). The van der Waals surface area contributed by atoms with E-state index in [1.165, 1.54) is 43.5 Å². The number of anilines is 2. The summed E-state index contributed by atoms with van der Waals surface area (Å²) in [6.45, 7) is 0. The van der Waals surface area contributed by atoms with Gasteiger partial charge in [-0.2, -0.15) is 0 Å². The minimum Gasteiger partial charge on any atom is -0.399 e. The second-order valence-corrected chi connectivity index (χ2v) is 6.96. The SMILES string of the molecule is CON=CC(C(=O)Nc1cc(Cl)cc(Cl)c1)C(=O)Nc1cc(Cl)cc(Cl)c1. The highest BCUT2D eigenvalue weighted by atomic mass is 35.5. The molecule has 0 fully saturated rings. The Hall–Kier alpha value is -1.99. The Morgan fingerprint density at radius 1 is 0.852 bits per heavy atom. The van der Waals surface area contributed by atoms with Gasteiger partial charge in [0.15, 0.2) is 5.92 Å². The molecule has 0 saturated carbocycles. The third-order valence-electron chi connectivity index (χ3n) is 3.14. The summed E-state index contributed by atoms with van der Waals surface area (Å²) in [5, 5.41) is 9.95. The molecule has 0 atom stereocenters. The molecule has 2 aromatic carbocycles. The molecule has 27 heavy (non-hydrogen) atoms. The Bertz CT molecular complexity index is 784. The maximum atomic E-state index is 12.5. The molecule has 0 saturated heterocycles. The second kappa shape index (κ2) is 9.80. The normalized spacial score (nSPS) is 10.9. The topological polar surface area (TPSA) is 79.8 Å². The number of hydrogen-bond donors (Lipinski definition) is 2. The van der Waals surface area contributed by atoms with Gasteiger partial charge in [-0.3, -0.25) is 9.59 Å². The predicted octanol–water partition coefficient (Wildman–Crippen LogP) is 5.13. The number of benzene rings is 2. The number of oxime groups is 1. The fraction of sp³-hybridized carbons (Fsp3) is 0.118. The molecule has 0 bridgehead atoms. The van der Waals surface area contributed by atoms with Crippen molar-refractivity contribution in [3.8, 4) is 0 Å². The van der Waals surface area contributed by atoms with E-state index in [0.29, 0.717) is 31.5 Å². The van der Waals surface area contributed by atoms with E-state index >= 15 is 0 Å². The van der Waals surface area contributed by atoms with Gasteiger partial charge >= 0.3 is 0 Å². The van der Waals surface area contributed by atoms with Crippen LogP contribution in [0.1, 0.15) is 0 Å². The van der Waals surface area contributed by atoms with Crippen molar-refractivity contribution >= 4 is 75.8 Å². The van der Waals surface area contributed by atoms with Crippen LogP contribution in [-0.4, -0.2) is 25.1 Å². The zero-order valence-corrected chi connectivity index (χ0v) is 16.8. The minimum absolute atomic E-state index is 0.326. The number of halogens is 4. The number of nitrogens with one attached hydrogen (secondary N) is 2. The van der Waals surface area contributed by atoms with Crippen molar-refractivity contribution in [2.45, 2.75) is 0 Å². The first-order valence-electron chi connectivity index (χ1n) is 7.39. The van der Waals surface area contributed by atoms with E-state index in [9.17, 15) is 9.59 Å². The first-order chi connectivity index (χ1) is 12.8. The summed E-state index contributed by atoms with van der Waals surface area (Å²) >= 11 is 23.6. The van der Waals surface area contributed by atoms with Crippen LogP contribution in [0, 0.1) is 5.92 Å². The van der Waals surface area contributed by atoms with Crippen molar-refractivity contribution in [3.63, 3.8) is 0 Å². The Kier molecular flexibility index (Phi) is 7.74. The van der Waals surface area contributed by atoms with Crippen molar-refractivity contribution in [2.24, 2.45) is 11.1 Å². The van der Waals surface area contributed by atoms with Crippen LogP contribution in [0.15, 0.2) is 41.6 Å². The van der Waals surface area contributed by atoms with E-state index in [0.717, 1.165) is 6.21 Å². The summed E-state index contributed by atoms with van der Waals surface area (Å²) in [5.41, 5.74) is 0.652. The summed E-state index contributed by atoms with van der Waals surface area (Å²) in [6.07, 6.45) is 1.06. The largest absolute Gasteiger partial charge is 0.399 e. The smallest absolute Gasteiger partial charge is 0.242 e. The Labute approximate surface area is 175 Å². The van der Waals surface area contributed by atoms with Crippen molar-refractivity contribution in [2.75, 3.05) is 17.7 Å². The number of hydrogen-bond acceptors (Lipinski definition) is 4. The summed E-state index contributed by atoms with van der Waals surface area (Å²) in [4.78, 5) is 29.7. The maximum absolute atomic E-state index is 12.5. The zero-order chi connectivity index (χ0) is 20.0. The van der Waals surface area contributed by atoms with Crippen LogP contribution in [0.4, 0.5) is 11.4 Å². The molecule has 6 nitrogen and oxygen atoms in total. The molecule has 2 amide bonds. The van der Waals surface area contributed by atoms with E-state index < -0.39 is 17.7 Å². The molecule has 0 aliphatic rings. The molecule has 0 aliphatic carbocycles. The summed E-state index contributed by atoms with van der Waals surface area (Å²) in [6, 6.07) is 8.99. The molecule has 0 spiro atoms. The van der Waals surface area contributed by atoms with Crippen LogP contribution in [-0.2, 0) is 14.4 Å². The molecular weight excluding hydrogens is 436 g/mol. The first kappa shape index (κ1) is 21.3. The highest BCUT2D eigenvalue weighted by Gasteiger charge is 2.26. The highest BCUT2D eigenvalue weighted by molar-refractivity contribution is 6.36. The Morgan fingerprint density at radius 3 is 1.56 bits per heavy atom. The van der Waals surface area contributed by atoms with E-state index in [4.69, 9.17) is 46.4 Å². The van der Waals surface area contributed by atoms with Crippen molar-refractivity contribution in [3.05, 3.63) is 56.5 Å². The average Bonchev–Trinajstić information content (AvgIpc) is 2.53. The highest BCUT2D eigenvalue weighted by Crippen LogP contribution is 2.24. The van der Waals surface area contributed by atoms with Gasteiger partial charge in [0, 0.05) is 31.5 Å². The third-order valence-corrected chi connectivity index (χ3v) is 4.01. The molecule has 10 heteroatoms. The molecule has 2 aromatic rings. The van der Waals surface area contributed by atoms with Crippen LogP contribution < -0.4 is 10.6 Å². The van der Waals surface area contributed by atoms with Crippen LogP contribution >= 0.6 is 46.4 Å². The van der Waals surface area contributed by atoms with Crippen molar-refractivity contribution in [1.82, 2.24) is 0 Å². The van der Waals surface area contributed by atoms with Gasteiger partial charge in [0.2, 0.25) is 11.8 Å². The van der Waals surface area contributed by atoms with Crippen LogP contribution in [0.2, 0.25) is 20.1 Å². The van der Waals surface area contributed by atoms with Crippen LogP contribution in [0.3, 0.4) is 0 Å². The fourth-order valence-corrected chi connectivity index (χ4v) is 3.12. The monoisotopic (exact) mass is 447 g/mol. The summed E-state index contributed by atoms with van der Waals surface area (Å²) in [5.74, 6) is -2.64. The van der Waals surface area contributed by atoms with Gasteiger partial charge in [0.1, 0.15) is 7.11 Å². The van der Waals surface area contributed by atoms with Crippen LogP contribution in [0.25, 0.3) is 0 Å². The van der Waals surface area contributed by atoms with Crippen LogP contribution in [0.5, 0.6) is 0 Å². The van der Waals surface area contributed by atoms with Gasteiger partial charge in [0.25, 0.3) is 0 Å². The molecule has 2 N–H and O–H groups in total. The number of amides is 2. The molecule has 0 aromatic heterocycles. The molecule has 0 aliphatic heterocycles. The van der Waals surface area contributed by atoms with Gasteiger partial charge in [-0.15, -0.1) is 0 Å². The lowest BCUT2D eigenvalue weighted by molar-refractivity contribution is -0.126. The predicted molar refractivity (Wildman–Crippen MR) is 109 cm³/mol. The molecule has 0 heterocycles. The summed E-state index contributed by atoms with van der Waals surface area (Å²) < 4.78 is 0. The average molecular weight is 449 g/mol. The van der Waals surface area contributed by atoms with E-state index in [1.54, 1.807) is 0 Å². The third kappa shape index (κ3) is 6.59. The molecule has 142 valence electrons. The molecular formula is C17H13Cl4N3O3. The van der Waals surface area contributed by atoms with E-state index in [2.05, 4.69) is 20.6 Å². The zero-order valence-electron chi connectivity index (χ0n) is 13.8. The number of rotatable bonds is 6. The van der Waals surface area contributed by atoms with Gasteiger partial charge in [-0.05, 0) is 36.4 Å². The lowest BCUT2D eigenvalue weighted by Crippen LogP contribution is -2.35. The molecule has 2 rings (SSSR count). The van der Waals surface area contributed by atoms with Gasteiger partial charge in [-0.25, -0.2) is 0 Å². The lowest BCUT2D eigenvalue weighted by atomic mass is 10.1. The quantitative estimate of drug-likeness (QED) is 0.365. The maximum Gasteiger partial charge on any atom is 0.242 e. The second-order valence-electron chi connectivity index (χ2n) is 5.21.